The molecule has 0 aliphatic carbocycles. The van der Waals surface area contributed by atoms with Crippen LogP contribution in [-0.4, -0.2) is 123 Å². The molecule has 4 N–H and O–H groups in total. The number of nitrogens with zero attached hydrogens (tertiary/aromatic N) is 2. The second-order valence-electron chi connectivity index (χ2n) is 15.1. The molecule has 1 amide bonds. The molecular formula is C38H64N2O9. The first-order valence-corrected chi connectivity index (χ1v) is 18.4. The highest BCUT2D eigenvalue weighted by atomic mass is 16.6. The maximum Gasteiger partial charge on any atom is 0.410 e. The Kier molecular flexibility index (Phi) is 15.8. The van der Waals surface area contributed by atoms with E-state index in [-0.39, 0.29) is 43.3 Å². The lowest BCUT2D eigenvalue weighted by molar-refractivity contribution is -0.151. The summed E-state index contributed by atoms with van der Waals surface area (Å²) in [7, 11) is 0. The van der Waals surface area contributed by atoms with Crippen molar-refractivity contribution in [1.82, 2.24) is 9.80 Å². The van der Waals surface area contributed by atoms with Gasteiger partial charge < -0.3 is 39.5 Å². The van der Waals surface area contributed by atoms with Crippen molar-refractivity contribution < 1.29 is 44.2 Å². The van der Waals surface area contributed by atoms with Crippen LogP contribution in [0.5, 0.6) is 0 Å². The fourth-order valence-electron chi connectivity index (χ4n) is 6.72. The average molecular weight is 693 g/mol. The van der Waals surface area contributed by atoms with Crippen LogP contribution in [0.1, 0.15) is 99.8 Å². The molecule has 3 rings (SSSR count). The molecule has 0 saturated carbocycles. The number of carbonyl (C=O) groups excluding carboxylic acids is 2. The molecule has 3 aliphatic heterocycles. The number of allylic oxidation sites excluding steroid dienone is 2. The van der Waals surface area contributed by atoms with Crippen LogP contribution in [0.4, 0.5) is 4.79 Å². The lowest BCUT2D eigenvalue weighted by Gasteiger charge is -2.37. The zero-order chi connectivity index (χ0) is 36.4. The van der Waals surface area contributed by atoms with E-state index in [1.165, 1.54) is 12.8 Å². The molecule has 0 bridgehead atoms. The number of aliphatic hydroxyl groups excluding tert-OH is 2. The Hall–Kier alpha value is -2.28. The highest BCUT2D eigenvalue weighted by Crippen LogP contribution is 2.37. The minimum atomic E-state index is -1.48. The number of epoxide rings is 1. The molecule has 10 unspecified atom stereocenters. The zero-order valence-electron chi connectivity index (χ0n) is 30.9. The molecule has 0 radical (unpaired) electrons. The van der Waals surface area contributed by atoms with E-state index >= 15 is 0 Å². The summed E-state index contributed by atoms with van der Waals surface area (Å²) in [6, 6.07) is 0. The number of aliphatic hydroxyl groups is 4. The van der Waals surface area contributed by atoms with Crippen LogP contribution in [0.15, 0.2) is 36.0 Å². The standard InChI is InChI=1S/C38H64N2O9/c1-8-10-11-19-39-20-22-40(23-21-39)36(44)48-32-15-14-27(4)34(49-33(43)24-29(41)16-18-38(32,7)46)26(3)13-12-17-37(6,45)25-31-35(47-31)28(5)30(42)9-2/h12-15,17,27-32,34-35,41-42,45-46H,8-11,16,18-25H2,1-7H3/b15-14-,17-12+,26-13+. The number of cyclic esters (lactones) is 1. The minimum absolute atomic E-state index is 0.0107. The van der Waals surface area contributed by atoms with Gasteiger partial charge in [-0.2, -0.15) is 0 Å². The molecule has 0 spiro atoms. The number of hydrogen-bond acceptors (Lipinski definition) is 10. The quantitative estimate of drug-likeness (QED) is 0.0713. The summed E-state index contributed by atoms with van der Waals surface area (Å²) in [6.07, 6.45) is 9.28. The van der Waals surface area contributed by atoms with Crippen molar-refractivity contribution in [2.75, 3.05) is 32.7 Å². The molecule has 10 atom stereocenters. The van der Waals surface area contributed by atoms with Crippen molar-refractivity contribution in [1.29, 1.82) is 0 Å². The van der Waals surface area contributed by atoms with Gasteiger partial charge in [-0.1, -0.05) is 64.8 Å². The number of hydrogen-bond donors (Lipinski definition) is 4. The Balaban J connectivity index is 1.70. The molecule has 3 heterocycles. The van der Waals surface area contributed by atoms with Crippen molar-refractivity contribution in [2.45, 2.75) is 148 Å². The first-order chi connectivity index (χ1) is 23.1. The average Bonchev–Trinajstić information content (AvgIpc) is 3.81. The molecule has 0 aromatic carbocycles. The number of rotatable bonds is 13. The Morgan fingerprint density at radius 1 is 1.20 bits per heavy atom. The molecule has 49 heavy (non-hydrogen) atoms. The first-order valence-electron chi connectivity index (χ1n) is 18.4. The number of carbonyl (C=O) groups is 2. The molecule has 11 heteroatoms. The van der Waals surface area contributed by atoms with E-state index in [2.05, 4.69) is 11.8 Å². The molecule has 2 saturated heterocycles. The van der Waals surface area contributed by atoms with E-state index < -0.39 is 47.7 Å². The molecule has 11 nitrogen and oxygen atoms in total. The fraction of sp³-hybridized carbons (Fsp3) is 0.789. The van der Waals surface area contributed by atoms with Crippen molar-refractivity contribution in [3.63, 3.8) is 0 Å². The Morgan fingerprint density at radius 3 is 2.55 bits per heavy atom. The van der Waals surface area contributed by atoms with Gasteiger partial charge >= 0.3 is 12.1 Å². The Bertz CT molecular complexity index is 1140. The minimum Gasteiger partial charge on any atom is -0.457 e. The molecule has 280 valence electrons. The number of esters is 1. The van der Waals surface area contributed by atoms with Gasteiger partial charge in [-0.15, -0.1) is 0 Å². The van der Waals surface area contributed by atoms with Crippen molar-refractivity contribution in [3.05, 3.63) is 36.0 Å². The summed E-state index contributed by atoms with van der Waals surface area (Å²) in [4.78, 5) is 30.2. The van der Waals surface area contributed by atoms with Gasteiger partial charge in [0.05, 0.1) is 36.4 Å². The molecular weight excluding hydrogens is 628 g/mol. The van der Waals surface area contributed by atoms with Crippen molar-refractivity contribution >= 4 is 12.1 Å². The zero-order valence-corrected chi connectivity index (χ0v) is 30.9. The monoisotopic (exact) mass is 692 g/mol. The molecule has 0 aromatic heterocycles. The second kappa shape index (κ2) is 18.8. The lowest BCUT2D eigenvalue weighted by Crippen LogP contribution is -2.51. The molecule has 3 aliphatic rings. The van der Waals surface area contributed by atoms with Crippen LogP contribution in [-0.2, 0) is 19.0 Å². The summed E-state index contributed by atoms with van der Waals surface area (Å²) >= 11 is 0. The van der Waals surface area contributed by atoms with Gasteiger partial charge in [0.2, 0.25) is 0 Å². The molecule has 2 fully saturated rings. The van der Waals surface area contributed by atoms with Gasteiger partial charge in [0.1, 0.15) is 11.7 Å². The maximum absolute atomic E-state index is 13.3. The predicted molar refractivity (Wildman–Crippen MR) is 189 cm³/mol. The summed E-state index contributed by atoms with van der Waals surface area (Å²) < 4.78 is 17.6. The highest BCUT2D eigenvalue weighted by Gasteiger charge is 2.47. The summed E-state index contributed by atoms with van der Waals surface area (Å²) in [5.74, 6) is -0.941. The van der Waals surface area contributed by atoms with Gasteiger partial charge in [-0.3, -0.25) is 9.69 Å². The van der Waals surface area contributed by atoms with E-state index in [1.807, 2.05) is 27.7 Å². The van der Waals surface area contributed by atoms with Crippen molar-refractivity contribution in [2.24, 2.45) is 11.8 Å². The Labute approximate surface area is 294 Å². The van der Waals surface area contributed by atoms with E-state index in [9.17, 15) is 30.0 Å². The van der Waals surface area contributed by atoms with E-state index in [0.717, 1.165) is 26.1 Å². The third-order valence-corrected chi connectivity index (χ3v) is 10.3. The molecule has 0 aromatic rings. The van der Waals surface area contributed by atoms with Gasteiger partial charge in [-0.25, -0.2) is 4.79 Å². The van der Waals surface area contributed by atoms with Crippen LogP contribution < -0.4 is 0 Å². The number of piperazine rings is 1. The van der Waals surface area contributed by atoms with Gasteiger partial charge in [0.15, 0.2) is 6.10 Å². The highest BCUT2D eigenvalue weighted by molar-refractivity contribution is 5.70. The topological polar surface area (TPSA) is 153 Å². The summed E-state index contributed by atoms with van der Waals surface area (Å²) in [5.41, 5.74) is -1.93. The largest absolute Gasteiger partial charge is 0.457 e. The normalized spacial score (nSPS) is 33.9. The number of ether oxygens (including phenoxy) is 3. The summed E-state index contributed by atoms with van der Waals surface area (Å²) in [6.45, 7) is 16.7. The summed E-state index contributed by atoms with van der Waals surface area (Å²) in [5, 5.41) is 43.3. The second-order valence-corrected chi connectivity index (χ2v) is 15.1. The third-order valence-electron chi connectivity index (χ3n) is 10.3. The maximum atomic E-state index is 13.3. The predicted octanol–water partition coefficient (Wildman–Crippen LogP) is 4.52. The smallest absolute Gasteiger partial charge is 0.410 e. The van der Waals surface area contributed by atoms with Gasteiger partial charge in [0, 0.05) is 44.4 Å². The van der Waals surface area contributed by atoms with Crippen molar-refractivity contribution in [3.8, 4) is 0 Å². The lowest BCUT2D eigenvalue weighted by atomic mass is 9.88. The third kappa shape index (κ3) is 13.1. The number of unbranched alkanes of at least 4 members (excludes halogenated alkanes) is 2. The van der Waals surface area contributed by atoms with Gasteiger partial charge in [0.25, 0.3) is 0 Å². The number of amides is 1. The van der Waals surface area contributed by atoms with Crippen LogP contribution >= 0.6 is 0 Å². The van der Waals surface area contributed by atoms with E-state index in [1.54, 1.807) is 49.1 Å². The van der Waals surface area contributed by atoms with E-state index in [0.29, 0.717) is 31.5 Å². The van der Waals surface area contributed by atoms with Crippen LogP contribution in [0.2, 0.25) is 0 Å². The van der Waals surface area contributed by atoms with E-state index in [4.69, 9.17) is 14.2 Å². The Morgan fingerprint density at radius 2 is 1.90 bits per heavy atom. The van der Waals surface area contributed by atoms with Crippen LogP contribution in [0.3, 0.4) is 0 Å². The fourth-order valence-corrected chi connectivity index (χ4v) is 6.72. The van der Waals surface area contributed by atoms with Crippen LogP contribution in [0, 0.1) is 11.8 Å². The first kappa shape index (κ1) is 41.1. The van der Waals surface area contributed by atoms with Crippen LogP contribution in [0.25, 0.3) is 0 Å². The van der Waals surface area contributed by atoms with Gasteiger partial charge in [-0.05, 0) is 64.6 Å². The SMILES string of the molecule is CCCCCN1CCN(C(=O)OC2/C=C\C(C)C(/C(C)=C/C=C/C(C)(O)CC3OC3C(C)C(O)CC)OC(=O)CC(O)CCC2(C)O)CC1.